The zero-order chi connectivity index (χ0) is 16.2. The molecule has 0 spiro atoms. The highest BCUT2D eigenvalue weighted by Gasteiger charge is 2.10. The van der Waals surface area contributed by atoms with E-state index in [1.807, 2.05) is 29.3 Å². The van der Waals surface area contributed by atoms with Crippen LogP contribution < -0.4 is 5.32 Å². The van der Waals surface area contributed by atoms with Gasteiger partial charge in [0.25, 0.3) is 0 Å². The lowest BCUT2D eigenvalue weighted by atomic mass is 10.2. The molecule has 0 saturated carbocycles. The summed E-state index contributed by atoms with van der Waals surface area (Å²) in [4.78, 5) is 4.06. The molecule has 0 saturated heterocycles. The fourth-order valence-corrected chi connectivity index (χ4v) is 2.53. The van der Waals surface area contributed by atoms with Crippen LogP contribution in [0.4, 0.5) is 5.82 Å². The van der Waals surface area contributed by atoms with E-state index in [1.54, 1.807) is 12.5 Å². The molecule has 2 heterocycles. The summed E-state index contributed by atoms with van der Waals surface area (Å²) in [5.74, 6) is 0.968. The van der Waals surface area contributed by atoms with E-state index in [9.17, 15) is 0 Å². The van der Waals surface area contributed by atoms with Crippen LogP contribution in [-0.4, -0.2) is 31.0 Å². The van der Waals surface area contributed by atoms with Crippen LogP contribution >= 0.6 is 0 Å². The molecule has 0 radical (unpaired) electrons. The van der Waals surface area contributed by atoms with Crippen LogP contribution in [0.25, 0.3) is 5.69 Å². The maximum Gasteiger partial charge on any atom is 0.127 e. The molecule has 2 aromatic heterocycles. The first-order valence-corrected chi connectivity index (χ1v) is 7.65. The Morgan fingerprint density at radius 3 is 2.61 bits per heavy atom. The molecular formula is C17H21N5O. The molecule has 1 aromatic carbocycles. The molecular weight excluding hydrogens is 290 g/mol. The Kier molecular flexibility index (Phi) is 4.43. The minimum atomic E-state index is 0.0782. The second kappa shape index (κ2) is 6.66. The smallest absolute Gasteiger partial charge is 0.127 e. The zero-order valence-corrected chi connectivity index (χ0v) is 13.4. The number of nitrogens with zero attached hydrogens (tertiary/aromatic N) is 4. The number of benzene rings is 1. The van der Waals surface area contributed by atoms with Crippen molar-refractivity contribution in [3.63, 3.8) is 0 Å². The average Bonchev–Trinajstić information content (AvgIpc) is 3.17. The van der Waals surface area contributed by atoms with E-state index in [2.05, 4.69) is 39.7 Å². The second-order valence-electron chi connectivity index (χ2n) is 5.50. The van der Waals surface area contributed by atoms with Gasteiger partial charge in [-0.1, -0.05) is 12.1 Å². The molecule has 3 rings (SSSR count). The molecule has 0 unspecified atom stereocenters. The van der Waals surface area contributed by atoms with Crippen LogP contribution in [0.1, 0.15) is 16.8 Å². The number of imidazole rings is 1. The molecule has 3 aromatic rings. The van der Waals surface area contributed by atoms with E-state index >= 15 is 0 Å². The molecule has 2 N–H and O–H groups in total. The van der Waals surface area contributed by atoms with Crippen LogP contribution in [0.3, 0.4) is 0 Å². The fraction of sp³-hybridized carbons (Fsp3) is 0.294. The largest absolute Gasteiger partial charge is 0.394 e. The molecule has 6 nitrogen and oxygen atoms in total. The predicted molar refractivity (Wildman–Crippen MR) is 89.7 cm³/mol. The third kappa shape index (κ3) is 3.27. The van der Waals surface area contributed by atoms with Crippen molar-refractivity contribution in [2.75, 3.05) is 11.9 Å². The summed E-state index contributed by atoms with van der Waals surface area (Å²) in [6.07, 6.45) is 5.47. The summed E-state index contributed by atoms with van der Waals surface area (Å²) in [6, 6.07) is 8.33. The van der Waals surface area contributed by atoms with E-state index in [1.165, 1.54) is 5.56 Å². The molecule has 0 fully saturated rings. The van der Waals surface area contributed by atoms with Crippen LogP contribution in [-0.2, 0) is 13.1 Å². The number of hydrogen-bond acceptors (Lipinski definition) is 4. The van der Waals surface area contributed by atoms with Crippen LogP contribution in [0.2, 0.25) is 0 Å². The van der Waals surface area contributed by atoms with Crippen molar-refractivity contribution in [2.45, 2.75) is 26.9 Å². The number of aliphatic hydroxyl groups is 1. The first kappa shape index (κ1) is 15.3. The molecule has 0 aliphatic heterocycles. The number of nitrogens with one attached hydrogen (secondary N) is 1. The van der Waals surface area contributed by atoms with E-state index < -0.39 is 0 Å². The van der Waals surface area contributed by atoms with Gasteiger partial charge in [-0.25, -0.2) is 9.67 Å². The molecule has 0 amide bonds. The van der Waals surface area contributed by atoms with Crippen LogP contribution in [0, 0.1) is 13.8 Å². The lowest BCUT2D eigenvalue weighted by molar-refractivity contribution is 0.270. The van der Waals surface area contributed by atoms with Crippen molar-refractivity contribution in [2.24, 2.45) is 0 Å². The van der Waals surface area contributed by atoms with Gasteiger partial charge < -0.3 is 15.0 Å². The monoisotopic (exact) mass is 311 g/mol. The molecule has 23 heavy (non-hydrogen) atoms. The minimum Gasteiger partial charge on any atom is -0.394 e. The molecule has 6 heteroatoms. The zero-order valence-electron chi connectivity index (χ0n) is 13.4. The average molecular weight is 311 g/mol. The second-order valence-corrected chi connectivity index (χ2v) is 5.50. The van der Waals surface area contributed by atoms with Gasteiger partial charge in [-0.3, -0.25) is 0 Å². The SMILES string of the molecule is Cc1nn(CCO)c(NCc2ccc(-n3ccnc3)cc2)c1C. The number of hydrogen-bond donors (Lipinski definition) is 2. The highest BCUT2D eigenvalue weighted by atomic mass is 16.3. The van der Waals surface area contributed by atoms with Gasteiger partial charge >= 0.3 is 0 Å². The topological polar surface area (TPSA) is 67.9 Å². The first-order valence-electron chi connectivity index (χ1n) is 7.65. The molecule has 0 atom stereocenters. The summed E-state index contributed by atoms with van der Waals surface area (Å²) < 4.78 is 3.80. The van der Waals surface area contributed by atoms with E-state index in [0.29, 0.717) is 13.1 Å². The van der Waals surface area contributed by atoms with Gasteiger partial charge in [0, 0.05) is 30.2 Å². The highest BCUT2D eigenvalue weighted by Crippen LogP contribution is 2.19. The maximum absolute atomic E-state index is 9.15. The standard InChI is InChI=1S/C17H21N5O/c1-13-14(2)20-22(9-10-23)17(13)19-11-15-3-5-16(6-4-15)21-8-7-18-12-21/h3-8,12,19,23H,9-11H2,1-2H3. The Balaban J connectivity index is 1.71. The molecule has 0 aliphatic carbocycles. The summed E-state index contributed by atoms with van der Waals surface area (Å²) in [5, 5.41) is 17.0. The third-order valence-corrected chi connectivity index (χ3v) is 3.94. The number of rotatable bonds is 6. The van der Waals surface area contributed by atoms with Gasteiger partial charge in [0.05, 0.1) is 25.2 Å². The Morgan fingerprint density at radius 2 is 1.96 bits per heavy atom. The van der Waals surface area contributed by atoms with Crippen molar-refractivity contribution >= 4 is 5.82 Å². The normalized spacial score (nSPS) is 10.9. The lowest BCUT2D eigenvalue weighted by Gasteiger charge is -2.11. The van der Waals surface area contributed by atoms with E-state index in [-0.39, 0.29) is 6.61 Å². The summed E-state index contributed by atoms with van der Waals surface area (Å²) >= 11 is 0. The van der Waals surface area contributed by atoms with Crippen molar-refractivity contribution < 1.29 is 5.11 Å². The minimum absolute atomic E-state index is 0.0782. The van der Waals surface area contributed by atoms with Gasteiger partial charge in [0.15, 0.2) is 0 Å². The van der Waals surface area contributed by atoms with Gasteiger partial charge in [-0.05, 0) is 31.5 Å². The lowest BCUT2D eigenvalue weighted by Crippen LogP contribution is -2.11. The molecule has 0 bridgehead atoms. The predicted octanol–water partition coefficient (Wildman–Crippen LogP) is 2.29. The number of aliphatic hydroxyl groups excluding tert-OH is 1. The van der Waals surface area contributed by atoms with E-state index in [4.69, 9.17) is 5.11 Å². The van der Waals surface area contributed by atoms with Gasteiger partial charge in [-0.2, -0.15) is 5.10 Å². The Hall–Kier alpha value is -2.60. The van der Waals surface area contributed by atoms with Gasteiger partial charge in [-0.15, -0.1) is 0 Å². The maximum atomic E-state index is 9.15. The number of anilines is 1. The first-order chi connectivity index (χ1) is 11.2. The molecule has 120 valence electrons. The Labute approximate surface area is 135 Å². The molecule has 0 aliphatic rings. The van der Waals surface area contributed by atoms with Crippen molar-refractivity contribution in [3.8, 4) is 5.69 Å². The van der Waals surface area contributed by atoms with Crippen molar-refractivity contribution in [3.05, 3.63) is 59.8 Å². The van der Waals surface area contributed by atoms with Crippen LogP contribution in [0.15, 0.2) is 43.0 Å². The van der Waals surface area contributed by atoms with Crippen LogP contribution in [0.5, 0.6) is 0 Å². The summed E-state index contributed by atoms with van der Waals surface area (Å²) in [5.41, 5.74) is 4.37. The highest BCUT2D eigenvalue weighted by molar-refractivity contribution is 5.47. The summed E-state index contributed by atoms with van der Waals surface area (Å²) in [6.45, 7) is 5.31. The van der Waals surface area contributed by atoms with E-state index in [0.717, 1.165) is 22.8 Å². The van der Waals surface area contributed by atoms with Gasteiger partial charge in [0.1, 0.15) is 5.82 Å². The van der Waals surface area contributed by atoms with Gasteiger partial charge in [0.2, 0.25) is 0 Å². The quantitative estimate of drug-likeness (QED) is 0.733. The number of aryl methyl sites for hydroxylation is 1. The van der Waals surface area contributed by atoms with Crippen molar-refractivity contribution in [1.29, 1.82) is 0 Å². The number of aromatic nitrogens is 4. The van der Waals surface area contributed by atoms with Crippen molar-refractivity contribution in [1.82, 2.24) is 19.3 Å². The Morgan fingerprint density at radius 1 is 1.17 bits per heavy atom. The fourth-order valence-electron chi connectivity index (χ4n) is 2.53. The summed E-state index contributed by atoms with van der Waals surface area (Å²) in [7, 11) is 0. The Bertz CT molecular complexity index is 759. The third-order valence-electron chi connectivity index (χ3n) is 3.94.